The van der Waals surface area contributed by atoms with E-state index in [9.17, 15) is 4.79 Å². The molecule has 4 nitrogen and oxygen atoms in total. The fourth-order valence-electron chi connectivity index (χ4n) is 2.93. The maximum atomic E-state index is 12.4. The summed E-state index contributed by atoms with van der Waals surface area (Å²) < 4.78 is 1.77. The number of nitrogens with zero attached hydrogens (tertiary/aromatic N) is 2. The number of amides is 1. The average molecular weight is 328 g/mol. The van der Waals surface area contributed by atoms with Crippen molar-refractivity contribution in [2.45, 2.75) is 45.6 Å². The molecule has 0 radical (unpaired) electrons. The third-order valence-corrected chi connectivity index (χ3v) is 4.99. The molecule has 1 aliphatic rings. The first-order valence-electron chi connectivity index (χ1n) is 6.91. The molecular formula is C14H22BrN3O. The van der Waals surface area contributed by atoms with E-state index in [0.29, 0.717) is 12.0 Å². The van der Waals surface area contributed by atoms with Gasteiger partial charge in [-0.1, -0.05) is 28.8 Å². The second kappa shape index (κ2) is 6.07. The van der Waals surface area contributed by atoms with Crippen LogP contribution in [-0.4, -0.2) is 27.1 Å². The lowest BCUT2D eigenvalue weighted by Gasteiger charge is -2.31. The summed E-state index contributed by atoms with van der Waals surface area (Å²) in [6.45, 7) is 3.84. The predicted molar refractivity (Wildman–Crippen MR) is 79.7 cm³/mol. The molecule has 0 aromatic carbocycles. The minimum atomic E-state index is 0.0287. The molecule has 2 unspecified atom stereocenters. The molecule has 1 saturated carbocycles. The summed E-state index contributed by atoms with van der Waals surface area (Å²) in [4.78, 5) is 12.4. The third-order valence-electron chi connectivity index (χ3n) is 4.16. The minimum Gasteiger partial charge on any atom is -0.349 e. The summed E-state index contributed by atoms with van der Waals surface area (Å²) >= 11 is 3.56. The number of hydrogen-bond acceptors (Lipinski definition) is 2. The molecule has 19 heavy (non-hydrogen) atoms. The van der Waals surface area contributed by atoms with Crippen molar-refractivity contribution in [3.63, 3.8) is 0 Å². The molecule has 0 aliphatic heterocycles. The molecule has 1 aliphatic carbocycles. The zero-order valence-electron chi connectivity index (χ0n) is 11.9. The van der Waals surface area contributed by atoms with Gasteiger partial charge in [0.25, 0.3) is 5.91 Å². The standard InChI is InChI=1S/C14H22BrN3O/c1-9-13(10(2)18(3)17-9)14(19)16-12-7-5-4-6-11(12)8-15/h11-12H,4-8H2,1-3H3,(H,16,19). The van der Waals surface area contributed by atoms with Crippen LogP contribution in [0.2, 0.25) is 0 Å². The van der Waals surface area contributed by atoms with Crippen LogP contribution >= 0.6 is 15.9 Å². The van der Waals surface area contributed by atoms with Gasteiger partial charge in [-0.2, -0.15) is 5.10 Å². The molecule has 1 amide bonds. The number of hydrogen-bond donors (Lipinski definition) is 1. The van der Waals surface area contributed by atoms with Gasteiger partial charge < -0.3 is 5.32 Å². The Kier molecular flexibility index (Phi) is 4.66. The number of carbonyl (C=O) groups is 1. The average Bonchev–Trinajstić information content (AvgIpc) is 2.64. The minimum absolute atomic E-state index is 0.0287. The van der Waals surface area contributed by atoms with Gasteiger partial charge in [0.05, 0.1) is 11.3 Å². The van der Waals surface area contributed by atoms with E-state index in [2.05, 4.69) is 26.3 Å². The topological polar surface area (TPSA) is 46.9 Å². The summed E-state index contributed by atoms with van der Waals surface area (Å²) in [5.41, 5.74) is 2.48. The van der Waals surface area contributed by atoms with Gasteiger partial charge in [-0.05, 0) is 32.6 Å². The monoisotopic (exact) mass is 327 g/mol. The lowest BCUT2D eigenvalue weighted by atomic mass is 9.85. The normalized spacial score (nSPS) is 23.4. The van der Waals surface area contributed by atoms with Crippen molar-refractivity contribution >= 4 is 21.8 Å². The number of aryl methyl sites for hydroxylation is 2. The van der Waals surface area contributed by atoms with Crippen LogP contribution in [-0.2, 0) is 7.05 Å². The Hall–Kier alpha value is -0.840. The van der Waals surface area contributed by atoms with Gasteiger partial charge in [-0.3, -0.25) is 9.48 Å². The summed E-state index contributed by atoms with van der Waals surface area (Å²) in [6, 6.07) is 0.291. The highest BCUT2D eigenvalue weighted by molar-refractivity contribution is 9.09. The molecule has 1 aromatic heterocycles. The van der Waals surface area contributed by atoms with E-state index in [-0.39, 0.29) is 5.91 Å². The van der Waals surface area contributed by atoms with Crippen LogP contribution < -0.4 is 5.32 Å². The summed E-state index contributed by atoms with van der Waals surface area (Å²) in [7, 11) is 1.88. The van der Waals surface area contributed by atoms with E-state index in [4.69, 9.17) is 0 Å². The van der Waals surface area contributed by atoms with Crippen molar-refractivity contribution in [1.29, 1.82) is 0 Å². The van der Waals surface area contributed by atoms with Gasteiger partial charge in [-0.15, -0.1) is 0 Å². The highest BCUT2D eigenvalue weighted by Gasteiger charge is 2.27. The molecule has 0 saturated heterocycles. The first-order chi connectivity index (χ1) is 9.04. The third kappa shape index (κ3) is 3.02. The van der Waals surface area contributed by atoms with E-state index in [1.807, 2.05) is 20.9 Å². The molecule has 5 heteroatoms. The number of aromatic nitrogens is 2. The Labute approximate surface area is 123 Å². The molecule has 1 aromatic rings. The SMILES string of the molecule is Cc1nn(C)c(C)c1C(=O)NC1CCCCC1CBr. The zero-order chi connectivity index (χ0) is 14.0. The Morgan fingerprint density at radius 2 is 2.11 bits per heavy atom. The number of alkyl halides is 1. The molecule has 106 valence electrons. The molecule has 2 rings (SSSR count). The van der Waals surface area contributed by atoms with E-state index >= 15 is 0 Å². The van der Waals surface area contributed by atoms with Crippen molar-refractivity contribution in [2.24, 2.45) is 13.0 Å². The Morgan fingerprint density at radius 3 is 2.68 bits per heavy atom. The number of halogens is 1. The number of carbonyl (C=O) groups excluding carboxylic acids is 1. The lowest BCUT2D eigenvalue weighted by Crippen LogP contribution is -2.43. The van der Waals surface area contributed by atoms with Crippen LogP contribution in [0.4, 0.5) is 0 Å². The second-order valence-electron chi connectivity index (χ2n) is 5.45. The van der Waals surface area contributed by atoms with E-state index < -0.39 is 0 Å². The number of rotatable bonds is 3. The van der Waals surface area contributed by atoms with Crippen LogP contribution in [0.25, 0.3) is 0 Å². The smallest absolute Gasteiger partial charge is 0.255 e. The largest absolute Gasteiger partial charge is 0.349 e. The van der Waals surface area contributed by atoms with Gasteiger partial charge in [0.15, 0.2) is 0 Å². The molecule has 1 fully saturated rings. The van der Waals surface area contributed by atoms with E-state index in [0.717, 1.165) is 28.7 Å². The van der Waals surface area contributed by atoms with Gasteiger partial charge in [0, 0.05) is 24.1 Å². The van der Waals surface area contributed by atoms with Crippen molar-refractivity contribution < 1.29 is 4.79 Å². The molecule has 1 heterocycles. The van der Waals surface area contributed by atoms with Crippen LogP contribution in [0.5, 0.6) is 0 Å². The molecule has 0 bridgehead atoms. The lowest BCUT2D eigenvalue weighted by molar-refractivity contribution is 0.0910. The summed E-state index contributed by atoms with van der Waals surface area (Å²) in [5, 5.41) is 8.48. The fourth-order valence-corrected chi connectivity index (χ4v) is 3.70. The van der Waals surface area contributed by atoms with Crippen LogP contribution in [0, 0.1) is 19.8 Å². The Morgan fingerprint density at radius 1 is 1.42 bits per heavy atom. The van der Waals surface area contributed by atoms with E-state index in [1.54, 1.807) is 4.68 Å². The fraction of sp³-hybridized carbons (Fsp3) is 0.714. The van der Waals surface area contributed by atoms with Crippen LogP contribution in [0.3, 0.4) is 0 Å². The summed E-state index contributed by atoms with van der Waals surface area (Å²) in [5.74, 6) is 0.580. The molecular weight excluding hydrogens is 306 g/mol. The first kappa shape index (κ1) is 14.6. The second-order valence-corrected chi connectivity index (χ2v) is 6.10. The van der Waals surface area contributed by atoms with Crippen molar-refractivity contribution in [3.05, 3.63) is 17.0 Å². The number of nitrogens with one attached hydrogen (secondary N) is 1. The van der Waals surface area contributed by atoms with Crippen LogP contribution in [0.15, 0.2) is 0 Å². The van der Waals surface area contributed by atoms with Crippen molar-refractivity contribution in [2.75, 3.05) is 5.33 Å². The van der Waals surface area contributed by atoms with Crippen molar-refractivity contribution in [3.8, 4) is 0 Å². The van der Waals surface area contributed by atoms with Crippen molar-refractivity contribution in [1.82, 2.24) is 15.1 Å². The highest BCUT2D eigenvalue weighted by Crippen LogP contribution is 2.26. The quantitative estimate of drug-likeness (QED) is 0.867. The van der Waals surface area contributed by atoms with E-state index in [1.165, 1.54) is 19.3 Å². The summed E-state index contributed by atoms with van der Waals surface area (Å²) in [6.07, 6.45) is 4.76. The highest BCUT2D eigenvalue weighted by atomic mass is 79.9. The maximum Gasteiger partial charge on any atom is 0.255 e. The Balaban J connectivity index is 2.12. The molecule has 1 N–H and O–H groups in total. The molecule has 0 spiro atoms. The van der Waals surface area contributed by atoms with Gasteiger partial charge >= 0.3 is 0 Å². The van der Waals surface area contributed by atoms with Gasteiger partial charge in [0.2, 0.25) is 0 Å². The van der Waals surface area contributed by atoms with Gasteiger partial charge in [-0.25, -0.2) is 0 Å². The van der Waals surface area contributed by atoms with Crippen LogP contribution in [0.1, 0.15) is 47.4 Å². The predicted octanol–water partition coefficient (Wildman–Crippen LogP) is 2.72. The Bertz CT molecular complexity index is 470. The maximum absolute atomic E-state index is 12.4. The zero-order valence-corrected chi connectivity index (χ0v) is 13.5. The first-order valence-corrected chi connectivity index (χ1v) is 8.03. The molecule has 2 atom stereocenters. The van der Waals surface area contributed by atoms with Gasteiger partial charge in [0.1, 0.15) is 0 Å².